The second kappa shape index (κ2) is 7.97. The molecule has 3 heterocycles. The number of sulfonamides is 1. The number of hydrogen-bond acceptors (Lipinski definition) is 5. The molecule has 1 fully saturated rings. The van der Waals surface area contributed by atoms with E-state index in [2.05, 4.69) is 4.98 Å². The fraction of sp³-hybridized carbons (Fsp3) is 0.450. The standard InChI is InChI=1S/C20H25N3O4S/c1-22(14-16-15-26-18-7-3-4-8-19(18)27-16)20-10-9-17(13-21-20)28(24,25)23-11-5-2-6-12-23/h3-4,7-10,13,16H,2,5-6,11-12,14-15H2,1H3/p+1/t16-/m1/s1. The first kappa shape index (κ1) is 19.0. The van der Waals surface area contributed by atoms with Crippen LogP contribution in [0.25, 0.3) is 0 Å². The number of piperidine rings is 1. The van der Waals surface area contributed by atoms with Crippen LogP contribution in [-0.2, 0) is 10.0 Å². The molecule has 0 unspecified atom stereocenters. The summed E-state index contributed by atoms with van der Waals surface area (Å²) < 4.78 is 38.8. The monoisotopic (exact) mass is 404 g/mol. The first-order valence-corrected chi connectivity index (χ1v) is 11.1. The van der Waals surface area contributed by atoms with Crippen molar-refractivity contribution in [3.63, 3.8) is 0 Å². The molecule has 1 saturated heterocycles. The fourth-order valence-electron chi connectivity index (χ4n) is 3.61. The Morgan fingerprint density at radius 2 is 1.86 bits per heavy atom. The first-order chi connectivity index (χ1) is 13.5. The summed E-state index contributed by atoms with van der Waals surface area (Å²) in [6, 6.07) is 11.1. The minimum absolute atomic E-state index is 0.106. The highest BCUT2D eigenvalue weighted by Crippen LogP contribution is 2.31. The van der Waals surface area contributed by atoms with Crippen molar-refractivity contribution >= 4 is 15.8 Å². The van der Waals surface area contributed by atoms with Gasteiger partial charge >= 0.3 is 0 Å². The molecule has 0 bridgehead atoms. The van der Waals surface area contributed by atoms with Crippen LogP contribution >= 0.6 is 0 Å². The third-order valence-corrected chi connectivity index (χ3v) is 7.07. The number of H-pyrrole nitrogens is 1. The molecule has 1 aromatic heterocycles. The van der Waals surface area contributed by atoms with Gasteiger partial charge in [-0.25, -0.2) is 13.4 Å². The average molecular weight is 405 g/mol. The summed E-state index contributed by atoms with van der Waals surface area (Å²) in [7, 11) is -1.49. The molecule has 4 rings (SSSR count). The Morgan fingerprint density at radius 1 is 1.11 bits per heavy atom. The molecule has 8 heteroatoms. The first-order valence-electron chi connectivity index (χ1n) is 9.65. The van der Waals surface area contributed by atoms with Crippen LogP contribution in [0.15, 0.2) is 47.5 Å². The molecule has 0 amide bonds. The molecular weight excluding hydrogens is 378 g/mol. The van der Waals surface area contributed by atoms with Gasteiger partial charge in [-0.1, -0.05) is 18.6 Å². The lowest BCUT2D eigenvalue weighted by Gasteiger charge is -2.27. The summed E-state index contributed by atoms with van der Waals surface area (Å²) in [6.07, 6.45) is 4.42. The minimum Gasteiger partial charge on any atom is -0.486 e. The van der Waals surface area contributed by atoms with Crippen molar-refractivity contribution in [1.29, 1.82) is 0 Å². The zero-order valence-corrected chi connectivity index (χ0v) is 16.8. The van der Waals surface area contributed by atoms with Crippen LogP contribution in [0.5, 0.6) is 11.5 Å². The van der Waals surface area contributed by atoms with Crippen LogP contribution in [0, 0.1) is 0 Å². The average Bonchev–Trinajstić information content (AvgIpc) is 2.74. The zero-order chi connectivity index (χ0) is 19.6. The number of benzene rings is 1. The maximum absolute atomic E-state index is 12.8. The van der Waals surface area contributed by atoms with Crippen LogP contribution in [0.1, 0.15) is 19.3 Å². The number of anilines is 1. The van der Waals surface area contributed by atoms with Crippen molar-refractivity contribution < 1.29 is 22.9 Å². The molecule has 1 aromatic carbocycles. The number of para-hydroxylation sites is 2. The molecule has 2 aromatic rings. The number of likely N-dealkylation sites (N-methyl/N-ethyl adjacent to an activating group) is 1. The fourth-order valence-corrected chi connectivity index (χ4v) is 5.10. The van der Waals surface area contributed by atoms with Gasteiger partial charge in [0.2, 0.25) is 10.0 Å². The Bertz CT molecular complexity index is 911. The summed E-state index contributed by atoms with van der Waals surface area (Å²) in [6.45, 7) is 2.29. The van der Waals surface area contributed by atoms with Crippen LogP contribution in [-0.4, -0.2) is 52.1 Å². The SMILES string of the molecule is CN(C[C@@H]1COc2ccccc2O1)c1ccc(S(=O)(=O)N2CCCCC2)c[nH+]1. The van der Waals surface area contributed by atoms with Crippen molar-refractivity contribution in [3.8, 4) is 11.5 Å². The normalized spacial score (nSPS) is 20.0. The number of aromatic nitrogens is 1. The van der Waals surface area contributed by atoms with Gasteiger partial charge in [0.25, 0.3) is 5.82 Å². The van der Waals surface area contributed by atoms with Crippen molar-refractivity contribution in [2.45, 2.75) is 30.3 Å². The van der Waals surface area contributed by atoms with E-state index in [0.29, 0.717) is 31.1 Å². The van der Waals surface area contributed by atoms with Gasteiger partial charge in [-0.2, -0.15) is 4.31 Å². The minimum atomic E-state index is -3.43. The van der Waals surface area contributed by atoms with E-state index in [4.69, 9.17) is 9.47 Å². The molecule has 0 aliphatic carbocycles. The number of rotatable bonds is 5. The second-order valence-electron chi connectivity index (χ2n) is 7.25. The zero-order valence-electron chi connectivity index (χ0n) is 16.0. The molecule has 0 saturated carbocycles. The Balaban J connectivity index is 1.41. The molecule has 0 spiro atoms. The number of aromatic amines is 1. The molecule has 0 radical (unpaired) electrons. The summed E-state index contributed by atoms with van der Waals surface area (Å²) in [5, 5.41) is 0. The van der Waals surface area contributed by atoms with Crippen LogP contribution in [0.4, 0.5) is 5.82 Å². The Labute approximate surface area is 165 Å². The van der Waals surface area contributed by atoms with E-state index in [0.717, 1.165) is 36.6 Å². The Hall–Kier alpha value is -2.32. The predicted molar refractivity (Wildman–Crippen MR) is 105 cm³/mol. The molecule has 150 valence electrons. The highest BCUT2D eigenvalue weighted by Gasteiger charge is 2.28. The van der Waals surface area contributed by atoms with Crippen molar-refractivity contribution in [2.75, 3.05) is 38.2 Å². The summed E-state index contributed by atoms with van der Waals surface area (Å²) in [5.74, 6) is 2.33. The number of nitrogens with one attached hydrogen (secondary N) is 1. The van der Waals surface area contributed by atoms with Gasteiger partial charge in [0, 0.05) is 19.2 Å². The smallest absolute Gasteiger partial charge is 0.274 e. The van der Waals surface area contributed by atoms with Crippen molar-refractivity contribution in [2.24, 2.45) is 0 Å². The second-order valence-corrected chi connectivity index (χ2v) is 9.19. The van der Waals surface area contributed by atoms with E-state index >= 15 is 0 Å². The van der Waals surface area contributed by atoms with E-state index in [1.807, 2.05) is 36.2 Å². The quantitative estimate of drug-likeness (QED) is 0.762. The van der Waals surface area contributed by atoms with Crippen LogP contribution < -0.4 is 19.4 Å². The summed E-state index contributed by atoms with van der Waals surface area (Å²) in [5.41, 5.74) is 0. The van der Waals surface area contributed by atoms with Gasteiger partial charge in [-0.05, 0) is 31.0 Å². The van der Waals surface area contributed by atoms with E-state index < -0.39 is 10.0 Å². The summed E-state index contributed by atoms with van der Waals surface area (Å²) >= 11 is 0. The number of pyridine rings is 1. The van der Waals surface area contributed by atoms with Crippen molar-refractivity contribution in [1.82, 2.24) is 4.31 Å². The lowest BCUT2D eigenvalue weighted by Crippen LogP contribution is -2.41. The van der Waals surface area contributed by atoms with Crippen LogP contribution in [0.3, 0.4) is 0 Å². The third-order valence-electron chi connectivity index (χ3n) is 5.18. The van der Waals surface area contributed by atoms with E-state index in [1.165, 1.54) is 0 Å². The largest absolute Gasteiger partial charge is 0.486 e. The van der Waals surface area contributed by atoms with Gasteiger partial charge in [0.05, 0.1) is 7.05 Å². The van der Waals surface area contributed by atoms with Crippen molar-refractivity contribution in [3.05, 3.63) is 42.6 Å². The van der Waals surface area contributed by atoms with Gasteiger partial charge in [0.1, 0.15) is 24.2 Å². The van der Waals surface area contributed by atoms with E-state index in [1.54, 1.807) is 22.6 Å². The summed E-state index contributed by atoms with van der Waals surface area (Å²) in [4.78, 5) is 5.42. The molecule has 2 aliphatic rings. The third kappa shape index (κ3) is 3.93. The molecular formula is C20H26N3O4S+. The molecule has 1 atom stereocenters. The number of nitrogens with zero attached hydrogens (tertiary/aromatic N) is 2. The van der Waals surface area contributed by atoms with E-state index in [9.17, 15) is 8.42 Å². The molecule has 2 aliphatic heterocycles. The highest BCUT2D eigenvalue weighted by molar-refractivity contribution is 7.89. The topological polar surface area (TPSA) is 73.2 Å². The lowest BCUT2D eigenvalue weighted by molar-refractivity contribution is -0.367. The van der Waals surface area contributed by atoms with Gasteiger partial charge < -0.3 is 9.47 Å². The predicted octanol–water partition coefficient (Wildman–Crippen LogP) is 1.95. The number of hydrogen-bond donors (Lipinski definition) is 0. The maximum Gasteiger partial charge on any atom is 0.274 e. The van der Waals surface area contributed by atoms with Gasteiger partial charge in [-0.15, -0.1) is 0 Å². The van der Waals surface area contributed by atoms with E-state index in [-0.39, 0.29) is 6.10 Å². The molecule has 7 nitrogen and oxygen atoms in total. The molecule has 28 heavy (non-hydrogen) atoms. The van der Waals surface area contributed by atoms with Gasteiger partial charge in [-0.3, -0.25) is 4.90 Å². The number of ether oxygens (including phenoxy) is 2. The highest BCUT2D eigenvalue weighted by atomic mass is 32.2. The molecule has 1 N–H and O–H groups in total. The Morgan fingerprint density at radius 3 is 2.57 bits per heavy atom. The maximum atomic E-state index is 12.8. The number of fused-ring (bicyclic) bond motifs is 1. The van der Waals surface area contributed by atoms with Crippen LogP contribution in [0.2, 0.25) is 0 Å². The lowest BCUT2D eigenvalue weighted by atomic mass is 10.2. The Kier molecular flexibility index (Phi) is 5.41. The van der Waals surface area contributed by atoms with Gasteiger partial charge in [0.15, 0.2) is 17.6 Å².